The van der Waals surface area contributed by atoms with Crippen molar-refractivity contribution < 1.29 is 14.6 Å². The van der Waals surface area contributed by atoms with E-state index in [-0.39, 0.29) is 30.2 Å². The highest BCUT2D eigenvalue weighted by atomic mass is 35.5. The smallest absolute Gasteiger partial charge is 0.227 e. The van der Waals surface area contributed by atoms with Crippen LogP contribution in [0, 0.1) is 0 Å². The number of aromatic hydroxyl groups is 1. The molecule has 1 heterocycles. The molecule has 19 heavy (non-hydrogen) atoms. The maximum atomic E-state index is 12.3. The number of benzene rings is 1. The van der Waals surface area contributed by atoms with Gasteiger partial charge in [-0.1, -0.05) is 12.1 Å². The number of hydrogen-bond donors (Lipinski definition) is 1. The minimum Gasteiger partial charge on any atom is -0.508 e. The average molecular weight is 284 g/mol. The molecule has 1 N–H and O–H groups in total. The van der Waals surface area contributed by atoms with Crippen molar-refractivity contribution >= 4 is 17.5 Å². The van der Waals surface area contributed by atoms with Crippen LogP contribution in [0.15, 0.2) is 24.3 Å². The highest BCUT2D eigenvalue weighted by Crippen LogP contribution is 2.16. The van der Waals surface area contributed by atoms with Crippen molar-refractivity contribution in [1.29, 1.82) is 0 Å². The molecule has 0 aliphatic carbocycles. The maximum Gasteiger partial charge on any atom is 0.227 e. The predicted molar refractivity (Wildman–Crippen MR) is 73.4 cm³/mol. The molecule has 1 saturated heterocycles. The molecule has 1 amide bonds. The van der Waals surface area contributed by atoms with E-state index in [2.05, 4.69) is 0 Å². The van der Waals surface area contributed by atoms with Crippen LogP contribution in [0.5, 0.6) is 5.75 Å². The Bertz CT molecular complexity index is 452. The van der Waals surface area contributed by atoms with E-state index in [1.807, 2.05) is 13.0 Å². The van der Waals surface area contributed by atoms with Gasteiger partial charge in [0, 0.05) is 6.54 Å². The molecular weight excluding hydrogens is 266 g/mol. The summed E-state index contributed by atoms with van der Waals surface area (Å²) in [5.41, 5.74) is 0.811. The molecule has 0 spiro atoms. The Kier molecular flexibility index (Phi) is 4.66. The molecule has 104 valence electrons. The first-order valence-corrected chi connectivity index (χ1v) is 6.88. The molecule has 1 aliphatic heterocycles. The molecule has 1 aromatic carbocycles. The summed E-state index contributed by atoms with van der Waals surface area (Å²) in [5, 5.41) is 9.41. The van der Waals surface area contributed by atoms with E-state index in [4.69, 9.17) is 16.3 Å². The third-order valence-electron chi connectivity index (χ3n) is 3.26. The number of nitrogens with zero attached hydrogens (tertiary/aromatic N) is 1. The Morgan fingerprint density at radius 2 is 2.37 bits per heavy atom. The second-order valence-electron chi connectivity index (χ2n) is 4.85. The van der Waals surface area contributed by atoms with E-state index < -0.39 is 0 Å². The lowest BCUT2D eigenvalue weighted by molar-refractivity contribution is -0.142. The van der Waals surface area contributed by atoms with Gasteiger partial charge in [-0.15, -0.1) is 11.6 Å². The fourth-order valence-electron chi connectivity index (χ4n) is 2.20. The number of ether oxygens (including phenoxy) is 1. The first kappa shape index (κ1) is 14.2. The minimum absolute atomic E-state index is 0.0384. The molecular formula is C14H18ClNO3. The number of halogens is 1. The van der Waals surface area contributed by atoms with Crippen LogP contribution >= 0.6 is 11.6 Å². The summed E-state index contributed by atoms with van der Waals surface area (Å²) in [6, 6.07) is 6.84. The first-order chi connectivity index (χ1) is 9.10. The normalized spacial score (nSPS) is 23.4. The van der Waals surface area contributed by atoms with Crippen molar-refractivity contribution in [2.24, 2.45) is 0 Å². The second kappa shape index (κ2) is 6.26. The third-order valence-corrected chi connectivity index (χ3v) is 3.61. The Labute approximate surface area is 117 Å². The van der Waals surface area contributed by atoms with Crippen LogP contribution in [0.2, 0.25) is 0 Å². The number of amides is 1. The Hall–Kier alpha value is -1.26. The van der Waals surface area contributed by atoms with E-state index in [1.54, 1.807) is 23.1 Å². The number of morpholine rings is 1. The predicted octanol–water partition coefficient (Wildman–Crippen LogP) is 1.79. The number of phenolic OH excluding ortho intramolecular Hbond substituents is 1. The number of carbonyl (C=O) groups is 1. The van der Waals surface area contributed by atoms with Gasteiger partial charge in [-0.05, 0) is 24.6 Å². The van der Waals surface area contributed by atoms with E-state index in [0.29, 0.717) is 19.0 Å². The summed E-state index contributed by atoms with van der Waals surface area (Å²) in [6.07, 6.45) is 0.194. The molecule has 1 aliphatic rings. The largest absolute Gasteiger partial charge is 0.508 e. The second-order valence-corrected chi connectivity index (χ2v) is 5.16. The van der Waals surface area contributed by atoms with Crippen molar-refractivity contribution in [2.75, 3.05) is 19.0 Å². The molecule has 1 aromatic rings. The molecule has 2 unspecified atom stereocenters. The number of phenols is 1. The number of carbonyl (C=O) groups excluding carboxylic acids is 1. The molecule has 2 rings (SSSR count). The number of rotatable bonds is 3. The van der Waals surface area contributed by atoms with Gasteiger partial charge in [0.05, 0.1) is 31.1 Å². The highest BCUT2D eigenvalue weighted by Gasteiger charge is 2.28. The van der Waals surface area contributed by atoms with Crippen molar-refractivity contribution in [3.05, 3.63) is 29.8 Å². The lowest BCUT2D eigenvalue weighted by Crippen LogP contribution is -2.52. The molecule has 5 heteroatoms. The first-order valence-electron chi connectivity index (χ1n) is 6.35. The van der Waals surface area contributed by atoms with Crippen molar-refractivity contribution in [2.45, 2.75) is 25.5 Å². The van der Waals surface area contributed by atoms with Crippen LogP contribution in [-0.2, 0) is 16.0 Å². The Morgan fingerprint density at radius 1 is 1.58 bits per heavy atom. The van der Waals surface area contributed by atoms with Crippen LogP contribution in [0.1, 0.15) is 12.5 Å². The van der Waals surface area contributed by atoms with Gasteiger partial charge >= 0.3 is 0 Å². The van der Waals surface area contributed by atoms with Gasteiger partial charge in [-0.3, -0.25) is 4.79 Å². The fraction of sp³-hybridized carbons (Fsp3) is 0.500. The van der Waals surface area contributed by atoms with Crippen LogP contribution < -0.4 is 0 Å². The van der Waals surface area contributed by atoms with Crippen LogP contribution in [-0.4, -0.2) is 47.1 Å². The summed E-state index contributed by atoms with van der Waals surface area (Å²) in [5.74, 6) is 0.610. The highest BCUT2D eigenvalue weighted by molar-refractivity contribution is 6.18. The fourth-order valence-corrected chi connectivity index (χ4v) is 2.39. The molecule has 0 radical (unpaired) electrons. The SMILES string of the molecule is CC1COC(CCl)CN1C(=O)Cc1cccc(O)c1. The van der Waals surface area contributed by atoms with E-state index in [9.17, 15) is 9.90 Å². The molecule has 0 saturated carbocycles. The third kappa shape index (κ3) is 3.61. The average Bonchev–Trinajstić information content (AvgIpc) is 2.39. The van der Waals surface area contributed by atoms with Gasteiger partial charge in [-0.25, -0.2) is 0 Å². The summed E-state index contributed by atoms with van der Waals surface area (Å²) >= 11 is 5.78. The van der Waals surface area contributed by atoms with Gasteiger partial charge in [0.15, 0.2) is 0 Å². The zero-order valence-electron chi connectivity index (χ0n) is 10.9. The topological polar surface area (TPSA) is 49.8 Å². The number of hydrogen-bond acceptors (Lipinski definition) is 3. The van der Waals surface area contributed by atoms with Gasteiger partial charge in [0.1, 0.15) is 5.75 Å². The Balaban J connectivity index is 2.02. The van der Waals surface area contributed by atoms with Gasteiger partial charge < -0.3 is 14.7 Å². The maximum absolute atomic E-state index is 12.3. The zero-order chi connectivity index (χ0) is 13.8. The molecule has 1 fully saturated rings. The zero-order valence-corrected chi connectivity index (χ0v) is 11.6. The quantitative estimate of drug-likeness (QED) is 0.861. The summed E-state index contributed by atoms with van der Waals surface area (Å²) in [6.45, 7) is 3.01. The van der Waals surface area contributed by atoms with Crippen LogP contribution in [0.3, 0.4) is 0 Å². The molecule has 0 aromatic heterocycles. The lowest BCUT2D eigenvalue weighted by Gasteiger charge is -2.37. The van der Waals surface area contributed by atoms with Crippen LogP contribution in [0.4, 0.5) is 0 Å². The minimum atomic E-state index is -0.0917. The van der Waals surface area contributed by atoms with Crippen LogP contribution in [0.25, 0.3) is 0 Å². The van der Waals surface area contributed by atoms with E-state index >= 15 is 0 Å². The standard InChI is InChI=1S/C14H18ClNO3/c1-10-9-19-13(7-15)8-16(10)14(18)6-11-3-2-4-12(17)5-11/h2-5,10,13,17H,6-9H2,1H3. The molecule has 0 bridgehead atoms. The van der Waals surface area contributed by atoms with Gasteiger partial charge in [-0.2, -0.15) is 0 Å². The Morgan fingerprint density at radius 3 is 3.05 bits per heavy atom. The lowest BCUT2D eigenvalue weighted by atomic mass is 10.1. The van der Waals surface area contributed by atoms with Gasteiger partial charge in [0.2, 0.25) is 5.91 Å². The number of alkyl halides is 1. The molecule has 4 nitrogen and oxygen atoms in total. The summed E-state index contributed by atoms with van der Waals surface area (Å²) < 4.78 is 5.52. The van der Waals surface area contributed by atoms with E-state index in [1.165, 1.54) is 0 Å². The molecule has 2 atom stereocenters. The van der Waals surface area contributed by atoms with Gasteiger partial charge in [0.25, 0.3) is 0 Å². The summed E-state index contributed by atoms with van der Waals surface area (Å²) in [7, 11) is 0. The monoisotopic (exact) mass is 283 g/mol. The van der Waals surface area contributed by atoms with Crippen molar-refractivity contribution in [3.8, 4) is 5.75 Å². The van der Waals surface area contributed by atoms with Crippen molar-refractivity contribution in [3.63, 3.8) is 0 Å². The van der Waals surface area contributed by atoms with Crippen molar-refractivity contribution in [1.82, 2.24) is 4.90 Å². The van der Waals surface area contributed by atoms with E-state index in [0.717, 1.165) is 5.56 Å². The summed E-state index contributed by atoms with van der Waals surface area (Å²) in [4.78, 5) is 14.1.